The number of phenolic OH excluding ortho intramolecular Hbond substituents is 1. The number of aliphatic imine (C=N–C) groups is 1. The number of benzene rings is 3. The second kappa shape index (κ2) is 9.95. The fraction of sp³-hybridized carbons (Fsp3) is 0.387. The van der Waals surface area contributed by atoms with E-state index in [0.29, 0.717) is 17.6 Å². The first-order valence-corrected chi connectivity index (χ1v) is 12.1. The molecule has 0 amide bonds. The van der Waals surface area contributed by atoms with Gasteiger partial charge in [-0.3, -0.25) is 4.99 Å². The van der Waals surface area contributed by atoms with Crippen molar-refractivity contribution >= 4 is 11.9 Å². The summed E-state index contributed by atoms with van der Waals surface area (Å²) in [5, 5.41) is 11.4. The fourth-order valence-electron chi connectivity index (χ4n) is 4.26. The molecule has 0 heterocycles. The van der Waals surface area contributed by atoms with Gasteiger partial charge < -0.3 is 5.11 Å². The van der Waals surface area contributed by atoms with Gasteiger partial charge in [-0.1, -0.05) is 110 Å². The Kier molecular flexibility index (Phi) is 7.47. The molecule has 0 aliphatic heterocycles. The highest BCUT2D eigenvalue weighted by Gasteiger charge is 2.22. The molecule has 0 aliphatic rings. The molecule has 0 fully saturated rings. The number of aromatic hydroxyl groups is 1. The van der Waals surface area contributed by atoms with Crippen molar-refractivity contribution in [2.75, 3.05) is 0 Å². The van der Waals surface area contributed by atoms with Crippen molar-refractivity contribution in [2.45, 2.75) is 78.6 Å². The quantitative estimate of drug-likeness (QED) is 0.381. The maximum atomic E-state index is 11.4. The normalized spacial score (nSPS) is 13.3. The van der Waals surface area contributed by atoms with Gasteiger partial charge >= 0.3 is 0 Å². The SMILES string of the molecule is CC(C)c1cccc(C(C)C)c1N=Cc1cc(C(C)(C)C)cc([C@@H](C)c2ccccc2)c1O. The highest BCUT2D eigenvalue weighted by atomic mass is 16.3. The van der Waals surface area contributed by atoms with Crippen LogP contribution in [-0.2, 0) is 5.41 Å². The van der Waals surface area contributed by atoms with E-state index in [0.717, 1.165) is 16.8 Å². The van der Waals surface area contributed by atoms with Crippen molar-refractivity contribution in [3.63, 3.8) is 0 Å². The molecule has 0 saturated carbocycles. The van der Waals surface area contributed by atoms with E-state index in [1.165, 1.54) is 22.3 Å². The van der Waals surface area contributed by atoms with Crippen LogP contribution >= 0.6 is 0 Å². The zero-order valence-corrected chi connectivity index (χ0v) is 21.5. The van der Waals surface area contributed by atoms with Gasteiger partial charge in [0.05, 0.1) is 5.69 Å². The van der Waals surface area contributed by atoms with E-state index in [1.807, 2.05) is 12.3 Å². The van der Waals surface area contributed by atoms with Gasteiger partial charge in [0.2, 0.25) is 0 Å². The summed E-state index contributed by atoms with van der Waals surface area (Å²) in [5.41, 5.74) is 7.56. The topological polar surface area (TPSA) is 32.6 Å². The average Bonchev–Trinajstić information content (AvgIpc) is 2.77. The Morgan fingerprint density at radius 2 is 1.33 bits per heavy atom. The first-order chi connectivity index (χ1) is 15.5. The molecule has 3 rings (SSSR count). The molecule has 0 aliphatic carbocycles. The van der Waals surface area contributed by atoms with E-state index < -0.39 is 0 Å². The van der Waals surface area contributed by atoms with Crippen LogP contribution in [0.15, 0.2) is 65.7 Å². The number of phenols is 1. The molecule has 2 heteroatoms. The third kappa shape index (κ3) is 5.55. The summed E-state index contributed by atoms with van der Waals surface area (Å²) in [4.78, 5) is 4.99. The van der Waals surface area contributed by atoms with Crippen LogP contribution in [0.3, 0.4) is 0 Å². The molecule has 33 heavy (non-hydrogen) atoms. The van der Waals surface area contributed by atoms with Crippen molar-refractivity contribution in [1.82, 2.24) is 0 Å². The van der Waals surface area contributed by atoms with Gasteiger partial charge in [-0.15, -0.1) is 0 Å². The monoisotopic (exact) mass is 441 g/mol. The molecule has 0 bridgehead atoms. The van der Waals surface area contributed by atoms with Crippen molar-refractivity contribution in [3.05, 3.63) is 94.0 Å². The lowest BCUT2D eigenvalue weighted by atomic mass is 9.81. The summed E-state index contributed by atoms with van der Waals surface area (Å²) in [7, 11) is 0. The molecule has 0 spiro atoms. The Hall–Kier alpha value is -2.87. The smallest absolute Gasteiger partial charge is 0.128 e. The van der Waals surface area contributed by atoms with Gasteiger partial charge in [0, 0.05) is 23.3 Å². The first-order valence-electron chi connectivity index (χ1n) is 12.1. The highest BCUT2D eigenvalue weighted by molar-refractivity contribution is 5.87. The predicted octanol–water partition coefficient (Wildman–Crippen LogP) is 8.84. The van der Waals surface area contributed by atoms with E-state index in [2.05, 4.69) is 110 Å². The summed E-state index contributed by atoms with van der Waals surface area (Å²) in [6.45, 7) is 17.6. The van der Waals surface area contributed by atoms with Gasteiger partial charge in [-0.05, 0) is 45.6 Å². The number of rotatable bonds is 6. The molecular weight excluding hydrogens is 402 g/mol. The lowest BCUT2D eigenvalue weighted by Crippen LogP contribution is -2.13. The molecule has 174 valence electrons. The Labute approximate surface area is 200 Å². The van der Waals surface area contributed by atoms with Crippen LogP contribution in [0, 0.1) is 0 Å². The van der Waals surface area contributed by atoms with Crippen LogP contribution in [0.4, 0.5) is 5.69 Å². The van der Waals surface area contributed by atoms with Crippen LogP contribution in [-0.4, -0.2) is 11.3 Å². The van der Waals surface area contributed by atoms with Crippen molar-refractivity contribution in [3.8, 4) is 5.75 Å². The summed E-state index contributed by atoms with van der Waals surface area (Å²) in [5.74, 6) is 1.14. The minimum atomic E-state index is -0.0413. The van der Waals surface area contributed by atoms with E-state index in [9.17, 15) is 5.11 Å². The van der Waals surface area contributed by atoms with Crippen molar-refractivity contribution < 1.29 is 5.11 Å². The predicted molar refractivity (Wildman–Crippen MR) is 143 cm³/mol. The van der Waals surface area contributed by atoms with Crippen molar-refractivity contribution in [2.24, 2.45) is 4.99 Å². The van der Waals surface area contributed by atoms with Crippen LogP contribution in [0.2, 0.25) is 0 Å². The zero-order valence-electron chi connectivity index (χ0n) is 21.5. The molecule has 0 aromatic heterocycles. The Morgan fingerprint density at radius 3 is 1.85 bits per heavy atom. The van der Waals surface area contributed by atoms with Gasteiger partial charge in [0.25, 0.3) is 0 Å². The van der Waals surface area contributed by atoms with Gasteiger partial charge in [-0.25, -0.2) is 0 Å². The van der Waals surface area contributed by atoms with E-state index in [1.54, 1.807) is 0 Å². The third-order valence-electron chi connectivity index (χ3n) is 6.48. The molecule has 2 nitrogen and oxygen atoms in total. The van der Waals surface area contributed by atoms with E-state index in [4.69, 9.17) is 4.99 Å². The standard InChI is InChI=1S/C31H39NO/c1-20(2)26-15-12-16-27(21(3)4)29(26)32-19-24-17-25(31(6,7)8)18-28(30(24)33)22(5)23-13-10-9-11-14-23/h9-22,33H,1-8H3/t22-/m0/s1. The molecule has 3 aromatic carbocycles. The second-order valence-electron chi connectivity index (χ2n) is 10.7. The fourth-order valence-corrected chi connectivity index (χ4v) is 4.26. The maximum Gasteiger partial charge on any atom is 0.128 e. The molecule has 1 N–H and O–H groups in total. The molecule has 0 radical (unpaired) electrons. The minimum Gasteiger partial charge on any atom is -0.507 e. The Bertz CT molecular complexity index is 1090. The number of hydrogen-bond acceptors (Lipinski definition) is 2. The summed E-state index contributed by atoms with van der Waals surface area (Å²) in [6, 6.07) is 21.1. The van der Waals surface area contributed by atoms with Crippen LogP contribution in [0.1, 0.15) is 107 Å². The molecule has 0 unspecified atom stereocenters. The molecule has 0 saturated heterocycles. The summed E-state index contributed by atoms with van der Waals surface area (Å²) in [6.07, 6.45) is 1.86. The molecule has 3 aromatic rings. The van der Waals surface area contributed by atoms with Gasteiger partial charge in [0.15, 0.2) is 0 Å². The van der Waals surface area contributed by atoms with Crippen LogP contribution < -0.4 is 0 Å². The molecular formula is C31H39NO. The van der Waals surface area contributed by atoms with E-state index >= 15 is 0 Å². The minimum absolute atomic E-state index is 0.0413. The van der Waals surface area contributed by atoms with Crippen LogP contribution in [0.5, 0.6) is 5.75 Å². The average molecular weight is 442 g/mol. The molecule has 1 atom stereocenters. The Morgan fingerprint density at radius 1 is 0.758 bits per heavy atom. The lowest BCUT2D eigenvalue weighted by Gasteiger charge is -2.24. The number of para-hydroxylation sites is 1. The summed E-state index contributed by atoms with van der Waals surface area (Å²) < 4.78 is 0. The Balaban J connectivity index is 2.17. The van der Waals surface area contributed by atoms with E-state index in [-0.39, 0.29) is 11.3 Å². The first kappa shape index (κ1) is 24.8. The van der Waals surface area contributed by atoms with Crippen LogP contribution in [0.25, 0.3) is 0 Å². The van der Waals surface area contributed by atoms with Gasteiger partial charge in [-0.2, -0.15) is 0 Å². The largest absolute Gasteiger partial charge is 0.507 e. The summed E-state index contributed by atoms with van der Waals surface area (Å²) >= 11 is 0. The number of hydrogen-bond donors (Lipinski definition) is 1. The zero-order chi connectivity index (χ0) is 24.3. The number of nitrogens with zero attached hydrogens (tertiary/aromatic N) is 1. The van der Waals surface area contributed by atoms with Gasteiger partial charge in [0.1, 0.15) is 5.75 Å². The second-order valence-corrected chi connectivity index (χ2v) is 10.7. The highest BCUT2D eigenvalue weighted by Crippen LogP contribution is 2.38. The van der Waals surface area contributed by atoms with Crippen molar-refractivity contribution in [1.29, 1.82) is 0 Å². The maximum absolute atomic E-state index is 11.4. The lowest BCUT2D eigenvalue weighted by molar-refractivity contribution is 0.463. The third-order valence-corrected chi connectivity index (χ3v) is 6.48.